The first-order chi connectivity index (χ1) is 15.5. The van der Waals surface area contributed by atoms with Crippen molar-refractivity contribution in [1.82, 2.24) is 20.6 Å². The quantitative estimate of drug-likeness (QED) is 0.553. The number of hydrogen-bond donors (Lipinski definition) is 3. The molecule has 4 rings (SSSR count). The Balaban J connectivity index is 2.26. The largest absolute Gasteiger partial charge is 0.508 e. The predicted octanol–water partition coefficient (Wildman–Crippen LogP) is 4.10. The molecule has 1 atom stereocenters. The third-order valence-corrected chi connectivity index (χ3v) is 6.13. The Bertz CT molecular complexity index is 1350. The van der Waals surface area contributed by atoms with Crippen LogP contribution in [0, 0.1) is 20.8 Å². The van der Waals surface area contributed by atoms with E-state index in [1.54, 1.807) is 33.0 Å². The molecule has 6 nitrogen and oxygen atoms in total. The number of halogens is 3. The summed E-state index contributed by atoms with van der Waals surface area (Å²) < 4.78 is 42.9. The van der Waals surface area contributed by atoms with Crippen molar-refractivity contribution >= 4 is 22.4 Å². The minimum atomic E-state index is -4.80. The van der Waals surface area contributed by atoms with E-state index in [1.807, 2.05) is 6.92 Å². The number of aryl methyl sites for hydroxylation is 2. The third-order valence-electron chi connectivity index (χ3n) is 6.13. The molecule has 172 valence electrons. The summed E-state index contributed by atoms with van der Waals surface area (Å²) in [5.41, 5.74) is 1.67. The van der Waals surface area contributed by atoms with E-state index in [0.717, 1.165) is 5.56 Å². The molecule has 3 aromatic rings. The number of benzene rings is 1. The van der Waals surface area contributed by atoms with Crippen molar-refractivity contribution in [3.05, 3.63) is 69.3 Å². The fourth-order valence-corrected chi connectivity index (χ4v) is 4.68. The summed E-state index contributed by atoms with van der Waals surface area (Å²) >= 11 is 0. The number of phenols is 1. The summed E-state index contributed by atoms with van der Waals surface area (Å²) in [6.45, 7) is 5.21. The number of aromatic hydroxyl groups is 1. The molecule has 2 heterocycles. The molecule has 1 aliphatic carbocycles. The Morgan fingerprint density at radius 2 is 1.82 bits per heavy atom. The number of amides is 1. The lowest BCUT2D eigenvalue weighted by atomic mass is 9.83. The molecule has 0 aliphatic heterocycles. The highest BCUT2D eigenvalue weighted by molar-refractivity contribution is 6.24. The summed E-state index contributed by atoms with van der Waals surface area (Å²) in [7, 11) is 2.93. The number of aromatic nitrogens is 2. The molecule has 9 heteroatoms. The fourth-order valence-electron chi connectivity index (χ4n) is 4.68. The van der Waals surface area contributed by atoms with Crippen LogP contribution in [0.15, 0.2) is 30.1 Å². The molecule has 0 saturated carbocycles. The van der Waals surface area contributed by atoms with Gasteiger partial charge in [-0.1, -0.05) is 6.07 Å². The zero-order valence-corrected chi connectivity index (χ0v) is 18.8. The van der Waals surface area contributed by atoms with Gasteiger partial charge in [0.1, 0.15) is 5.75 Å². The first-order valence-electron chi connectivity index (χ1n) is 10.3. The normalized spacial score (nSPS) is 15.7. The molecule has 1 aliphatic rings. The van der Waals surface area contributed by atoms with Crippen LogP contribution in [0.5, 0.6) is 5.75 Å². The average Bonchev–Trinajstić information content (AvgIpc) is 3.09. The number of likely N-dealkylation sites (N-methyl/N-ethyl adjacent to an activating group) is 2. The lowest BCUT2D eigenvalue weighted by molar-refractivity contribution is -0.141. The van der Waals surface area contributed by atoms with Gasteiger partial charge in [0.25, 0.3) is 5.91 Å². The van der Waals surface area contributed by atoms with Crippen LogP contribution in [0.4, 0.5) is 13.2 Å². The van der Waals surface area contributed by atoms with Gasteiger partial charge >= 0.3 is 6.18 Å². The van der Waals surface area contributed by atoms with Gasteiger partial charge in [-0.15, -0.1) is 0 Å². The van der Waals surface area contributed by atoms with Gasteiger partial charge < -0.3 is 15.7 Å². The summed E-state index contributed by atoms with van der Waals surface area (Å²) in [5, 5.41) is 16.3. The van der Waals surface area contributed by atoms with Gasteiger partial charge in [0.2, 0.25) is 0 Å². The molecule has 1 aromatic carbocycles. The second-order valence-corrected chi connectivity index (χ2v) is 8.08. The van der Waals surface area contributed by atoms with Gasteiger partial charge in [-0.05, 0) is 55.2 Å². The maximum Gasteiger partial charge on any atom is 0.433 e. The van der Waals surface area contributed by atoms with Crippen LogP contribution in [0.25, 0.3) is 16.5 Å². The van der Waals surface area contributed by atoms with Crippen LogP contribution in [-0.2, 0) is 11.0 Å². The highest BCUT2D eigenvalue weighted by atomic mass is 19.4. The van der Waals surface area contributed by atoms with Crippen molar-refractivity contribution in [2.45, 2.75) is 32.9 Å². The number of carbonyl (C=O) groups excluding carboxylic acids is 1. The van der Waals surface area contributed by atoms with Crippen LogP contribution in [-0.4, -0.2) is 35.1 Å². The molecule has 0 bridgehead atoms. The number of fused-ring (bicyclic) bond motifs is 3. The van der Waals surface area contributed by atoms with E-state index in [4.69, 9.17) is 0 Å². The Morgan fingerprint density at radius 3 is 2.42 bits per heavy atom. The van der Waals surface area contributed by atoms with E-state index in [2.05, 4.69) is 20.6 Å². The molecule has 3 N–H and O–H groups in total. The Hall–Kier alpha value is -3.62. The number of rotatable bonds is 3. The highest BCUT2D eigenvalue weighted by Crippen LogP contribution is 2.52. The van der Waals surface area contributed by atoms with Crippen LogP contribution in [0.1, 0.15) is 45.1 Å². The third kappa shape index (κ3) is 3.39. The Kier molecular flexibility index (Phi) is 5.30. The summed E-state index contributed by atoms with van der Waals surface area (Å²) in [4.78, 5) is 21.2. The van der Waals surface area contributed by atoms with Crippen molar-refractivity contribution in [3.63, 3.8) is 0 Å². The molecule has 1 amide bonds. The van der Waals surface area contributed by atoms with Crippen molar-refractivity contribution < 1.29 is 23.1 Å². The first kappa shape index (κ1) is 22.6. The smallest absolute Gasteiger partial charge is 0.433 e. The molecule has 0 saturated heterocycles. The maximum atomic E-state index is 14.3. The topological polar surface area (TPSA) is 87.1 Å². The van der Waals surface area contributed by atoms with Crippen LogP contribution in [0.2, 0.25) is 0 Å². The minimum absolute atomic E-state index is 0.0179. The van der Waals surface area contributed by atoms with Crippen molar-refractivity contribution in [1.29, 1.82) is 0 Å². The molecular formula is C24H23F3N4O2. The van der Waals surface area contributed by atoms with Gasteiger partial charge in [-0.3, -0.25) is 9.78 Å². The number of pyridine rings is 2. The highest BCUT2D eigenvalue weighted by Gasteiger charge is 2.46. The van der Waals surface area contributed by atoms with Gasteiger partial charge in [0.05, 0.1) is 17.0 Å². The first-order valence-corrected chi connectivity index (χ1v) is 10.3. The van der Waals surface area contributed by atoms with E-state index in [0.29, 0.717) is 33.5 Å². The Labute approximate surface area is 188 Å². The molecule has 1 unspecified atom stereocenters. The van der Waals surface area contributed by atoms with Crippen molar-refractivity contribution in [2.75, 3.05) is 14.1 Å². The summed E-state index contributed by atoms with van der Waals surface area (Å²) in [5.74, 6) is -1.41. The number of nitrogens with one attached hydrogen (secondary N) is 2. The minimum Gasteiger partial charge on any atom is -0.508 e. The molecule has 2 aromatic heterocycles. The molecular weight excluding hydrogens is 433 g/mol. The molecule has 33 heavy (non-hydrogen) atoms. The predicted molar refractivity (Wildman–Crippen MR) is 119 cm³/mol. The van der Waals surface area contributed by atoms with E-state index < -0.39 is 23.7 Å². The molecule has 0 fully saturated rings. The van der Waals surface area contributed by atoms with Gasteiger partial charge in [0, 0.05) is 42.6 Å². The lowest BCUT2D eigenvalue weighted by Crippen LogP contribution is -2.24. The zero-order chi connectivity index (χ0) is 24.2. The second kappa shape index (κ2) is 7.75. The summed E-state index contributed by atoms with van der Waals surface area (Å²) in [6, 6.07) is 4.75. The number of hydrogen-bond acceptors (Lipinski definition) is 5. The number of phenolic OH excluding ortho intramolecular Hbond substituents is 1. The number of carbonyl (C=O) groups is 1. The second-order valence-electron chi connectivity index (χ2n) is 8.08. The number of alkyl halides is 3. The monoisotopic (exact) mass is 456 g/mol. The lowest BCUT2D eigenvalue weighted by Gasteiger charge is -2.24. The van der Waals surface area contributed by atoms with E-state index in [9.17, 15) is 23.1 Å². The van der Waals surface area contributed by atoms with Crippen LogP contribution in [0.3, 0.4) is 0 Å². The fraction of sp³-hybridized carbons (Fsp3) is 0.292. The molecule has 0 radical (unpaired) electrons. The van der Waals surface area contributed by atoms with Gasteiger partial charge in [-0.2, -0.15) is 13.2 Å². The van der Waals surface area contributed by atoms with E-state index in [-0.39, 0.29) is 22.4 Å². The van der Waals surface area contributed by atoms with Crippen LogP contribution < -0.4 is 10.6 Å². The Morgan fingerprint density at radius 1 is 1.12 bits per heavy atom. The van der Waals surface area contributed by atoms with Gasteiger partial charge in [-0.25, -0.2) is 4.98 Å². The average molecular weight is 456 g/mol. The summed E-state index contributed by atoms with van der Waals surface area (Å²) in [6.07, 6.45) is -3.30. The number of allylic oxidation sites excluding steroid dienone is 1. The molecule has 0 spiro atoms. The number of nitrogens with zero attached hydrogens (tertiary/aromatic N) is 2. The SMILES string of the molecule is CNC(=O)C1=C(NC)C(c2c(C)ccc(O)c2C)c2c1c(C(F)(F)F)nc1cc(C)ncc21. The van der Waals surface area contributed by atoms with Gasteiger partial charge in [0.15, 0.2) is 5.69 Å². The van der Waals surface area contributed by atoms with Crippen molar-refractivity contribution in [3.8, 4) is 5.75 Å². The van der Waals surface area contributed by atoms with E-state index in [1.165, 1.54) is 19.3 Å². The zero-order valence-electron chi connectivity index (χ0n) is 18.8. The standard InChI is InChI=1S/C24H23F3N4O2/c1-10-6-7-15(32)12(3)16(10)18-17-13-9-30-11(2)8-14(13)31-22(24(25,26)27)19(17)20(21(18)28-4)23(33)29-5/h6-9,18,28,32H,1-5H3,(H,29,33). The maximum absolute atomic E-state index is 14.3. The van der Waals surface area contributed by atoms with E-state index >= 15 is 0 Å². The van der Waals surface area contributed by atoms with Crippen LogP contribution >= 0.6 is 0 Å². The van der Waals surface area contributed by atoms with Crippen molar-refractivity contribution in [2.24, 2.45) is 0 Å².